The smallest absolute Gasteiger partial charge is 0.208 e. The summed E-state index contributed by atoms with van der Waals surface area (Å²) in [6.45, 7) is -0.229. The highest BCUT2D eigenvalue weighted by Crippen LogP contribution is 2.19. The zero-order chi connectivity index (χ0) is 9.84. The number of hydrogen-bond donors (Lipinski definition) is 0. The molecule has 0 aliphatic heterocycles. The summed E-state index contributed by atoms with van der Waals surface area (Å²) in [5.74, 6) is 0. The third-order valence-electron chi connectivity index (χ3n) is 1.38. The fraction of sp³-hybridized carbons (Fsp3) is 0.333. The van der Waals surface area contributed by atoms with E-state index in [1.54, 1.807) is 0 Å². The lowest BCUT2D eigenvalue weighted by molar-refractivity contribution is -0.479. The van der Waals surface area contributed by atoms with Crippen molar-refractivity contribution in [3.63, 3.8) is 0 Å². The fourth-order valence-electron chi connectivity index (χ4n) is 0.781. The Morgan fingerprint density at radius 3 is 2.38 bits per heavy atom. The SMILES string of the molecule is O=[N+]([O-])CCc1c(Cl)ncnc1Cl. The first kappa shape index (κ1) is 10.1. The molecular formula is C6H5Cl2N3O2. The molecule has 0 atom stereocenters. The zero-order valence-corrected chi connectivity index (χ0v) is 7.92. The molecule has 1 aromatic rings. The van der Waals surface area contributed by atoms with E-state index >= 15 is 0 Å². The minimum Gasteiger partial charge on any atom is -0.265 e. The van der Waals surface area contributed by atoms with Gasteiger partial charge >= 0.3 is 0 Å². The van der Waals surface area contributed by atoms with Crippen molar-refractivity contribution in [1.29, 1.82) is 0 Å². The summed E-state index contributed by atoms with van der Waals surface area (Å²) in [5, 5.41) is 10.4. The van der Waals surface area contributed by atoms with Gasteiger partial charge in [0.15, 0.2) is 0 Å². The first-order chi connectivity index (χ1) is 6.11. The van der Waals surface area contributed by atoms with Gasteiger partial charge in [-0.1, -0.05) is 23.2 Å². The van der Waals surface area contributed by atoms with Crippen LogP contribution in [0.3, 0.4) is 0 Å². The number of nitrogens with zero attached hydrogens (tertiary/aromatic N) is 3. The van der Waals surface area contributed by atoms with Crippen molar-refractivity contribution in [3.8, 4) is 0 Å². The Bertz CT molecular complexity index is 311. The van der Waals surface area contributed by atoms with E-state index in [0.717, 1.165) is 0 Å². The van der Waals surface area contributed by atoms with Crippen LogP contribution in [0.4, 0.5) is 0 Å². The van der Waals surface area contributed by atoms with Gasteiger partial charge in [-0.25, -0.2) is 9.97 Å². The molecule has 0 radical (unpaired) electrons. The zero-order valence-electron chi connectivity index (χ0n) is 6.41. The predicted octanol–water partition coefficient (Wildman–Crippen LogP) is 1.60. The van der Waals surface area contributed by atoms with Crippen molar-refractivity contribution >= 4 is 23.2 Å². The molecule has 0 aliphatic rings. The molecule has 1 heterocycles. The van der Waals surface area contributed by atoms with E-state index in [1.807, 2.05) is 0 Å². The van der Waals surface area contributed by atoms with Gasteiger partial charge in [0.2, 0.25) is 6.54 Å². The van der Waals surface area contributed by atoms with Crippen LogP contribution in [0.2, 0.25) is 10.3 Å². The van der Waals surface area contributed by atoms with Crippen molar-refractivity contribution in [3.05, 3.63) is 32.3 Å². The molecule has 0 fully saturated rings. The molecule has 0 saturated heterocycles. The first-order valence-electron chi connectivity index (χ1n) is 3.38. The van der Waals surface area contributed by atoms with Crippen LogP contribution in [-0.2, 0) is 6.42 Å². The van der Waals surface area contributed by atoms with Gasteiger partial charge in [0.25, 0.3) is 0 Å². The molecule has 0 amide bonds. The van der Waals surface area contributed by atoms with E-state index in [9.17, 15) is 10.1 Å². The molecule has 1 rings (SSSR count). The minimum absolute atomic E-state index is 0.144. The topological polar surface area (TPSA) is 68.9 Å². The third kappa shape index (κ3) is 2.78. The molecule has 5 nitrogen and oxygen atoms in total. The summed E-state index contributed by atoms with van der Waals surface area (Å²) in [5.41, 5.74) is 0.419. The second-order valence-corrected chi connectivity index (χ2v) is 2.96. The molecule has 0 aliphatic carbocycles. The number of halogens is 2. The van der Waals surface area contributed by atoms with Gasteiger partial charge in [0.05, 0.1) is 0 Å². The summed E-state index contributed by atoms with van der Waals surface area (Å²) in [6, 6.07) is 0. The lowest BCUT2D eigenvalue weighted by atomic mass is 10.2. The second-order valence-electron chi connectivity index (χ2n) is 2.24. The molecule has 0 N–H and O–H groups in total. The Hall–Kier alpha value is -0.940. The standard InChI is InChI=1S/C6H5Cl2N3O2/c7-5-4(1-2-11(12)13)6(8)10-3-9-5/h3H,1-2H2. The maximum Gasteiger partial charge on any atom is 0.208 e. The average molecular weight is 222 g/mol. The van der Waals surface area contributed by atoms with Crippen molar-refractivity contribution in [2.45, 2.75) is 6.42 Å². The second kappa shape index (κ2) is 4.34. The summed E-state index contributed by atoms with van der Waals surface area (Å²) >= 11 is 11.3. The first-order valence-corrected chi connectivity index (χ1v) is 4.13. The van der Waals surface area contributed by atoms with Crippen LogP contribution in [-0.4, -0.2) is 21.4 Å². The molecule has 7 heteroatoms. The molecule has 0 saturated carbocycles. The minimum atomic E-state index is -0.445. The number of hydrogen-bond acceptors (Lipinski definition) is 4. The van der Waals surface area contributed by atoms with Crippen molar-refractivity contribution in [2.75, 3.05) is 6.54 Å². The average Bonchev–Trinajstić information content (AvgIpc) is 2.03. The molecule has 13 heavy (non-hydrogen) atoms. The molecule has 0 unspecified atom stereocenters. The van der Waals surface area contributed by atoms with Crippen LogP contribution in [0.1, 0.15) is 5.56 Å². The highest BCUT2D eigenvalue weighted by Gasteiger charge is 2.10. The Labute approximate surface area is 83.9 Å². The van der Waals surface area contributed by atoms with Crippen molar-refractivity contribution in [1.82, 2.24) is 9.97 Å². The molecule has 0 bridgehead atoms. The lowest BCUT2D eigenvalue weighted by Crippen LogP contribution is -2.06. The summed E-state index contributed by atoms with van der Waals surface area (Å²) < 4.78 is 0. The summed E-state index contributed by atoms with van der Waals surface area (Å²) in [4.78, 5) is 17.0. The van der Waals surface area contributed by atoms with Gasteiger partial charge in [-0.3, -0.25) is 10.1 Å². The number of aromatic nitrogens is 2. The molecular weight excluding hydrogens is 217 g/mol. The number of nitro groups is 1. The molecule has 1 aromatic heterocycles. The Balaban J connectivity index is 2.81. The maximum atomic E-state index is 10.1. The van der Waals surface area contributed by atoms with Gasteiger partial charge in [0, 0.05) is 16.9 Å². The van der Waals surface area contributed by atoms with Crippen LogP contribution in [0.25, 0.3) is 0 Å². The van der Waals surface area contributed by atoms with Crippen LogP contribution < -0.4 is 0 Å². The Kier molecular flexibility index (Phi) is 3.39. The van der Waals surface area contributed by atoms with Gasteiger partial charge < -0.3 is 0 Å². The lowest BCUT2D eigenvalue weighted by Gasteiger charge is -2.00. The highest BCUT2D eigenvalue weighted by molar-refractivity contribution is 6.34. The molecule has 0 spiro atoms. The van der Waals surface area contributed by atoms with Gasteiger partial charge in [-0.05, 0) is 0 Å². The quantitative estimate of drug-likeness (QED) is 0.442. The molecule has 0 aromatic carbocycles. The summed E-state index contributed by atoms with van der Waals surface area (Å²) in [7, 11) is 0. The third-order valence-corrected chi connectivity index (χ3v) is 2.04. The molecule has 70 valence electrons. The van der Waals surface area contributed by atoms with Crippen molar-refractivity contribution < 1.29 is 4.92 Å². The van der Waals surface area contributed by atoms with Gasteiger partial charge in [-0.2, -0.15) is 0 Å². The summed E-state index contributed by atoms with van der Waals surface area (Å²) in [6.07, 6.45) is 1.35. The van der Waals surface area contributed by atoms with Gasteiger partial charge in [-0.15, -0.1) is 0 Å². The highest BCUT2D eigenvalue weighted by atomic mass is 35.5. The van der Waals surface area contributed by atoms with E-state index in [1.165, 1.54) is 6.33 Å². The maximum absolute atomic E-state index is 10.1. The van der Waals surface area contributed by atoms with Gasteiger partial charge in [0.1, 0.15) is 16.6 Å². The van der Waals surface area contributed by atoms with Crippen LogP contribution in [0.15, 0.2) is 6.33 Å². The van der Waals surface area contributed by atoms with Crippen LogP contribution >= 0.6 is 23.2 Å². The number of rotatable bonds is 3. The van der Waals surface area contributed by atoms with E-state index < -0.39 is 4.92 Å². The fourth-order valence-corrected chi connectivity index (χ4v) is 1.28. The van der Waals surface area contributed by atoms with E-state index in [2.05, 4.69) is 9.97 Å². The van der Waals surface area contributed by atoms with Crippen molar-refractivity contribution in [2.24, 2.45) is 0 Å². The van der Waals surface area contributed by atoms with Crippen LogP contribution in [0, 0.1) is 10.1 Å². The Morgan fingerprint density at radius 1 is 1.38 bits per heavy atom. The Morgan fingerprint density at radius 2 is 1.92 bits per heavy atom. The van der Waals surface area contributed by atoms with E-state index in [0.29, 0.717) is 5.56 Å². The normalized spacial score (nSPS) is 10.0. The monoisotopic (exact) mass is 221 g/mol. The van der Waals surface area contributed by atoms with Crippen LogP contribution in [0.5, 0.6) is 0 Å². The van der Waals surface area contributed by atoms with E-state index in [-0.39, 0.29) is 23.3 Å². The predicted molar refractivity (Wildman–Crippen MR) is 47.6 cm³/mol. The van der Waals surface area contributed by atoms with E-state index in [4.69, 9.17) is 23.2 Å². The largest absolute Gasteiger partial charge is 0.265 e.